The Morgan fingerprint density at radius 2 is 1.87 bits per heavy atom. The summed E-state index contributed by atoms with van der Waals surface area (Å²) >= 11 is 0. The topological polar surface area (TPSA) is 67.4 Å². The summed E-state index contributed by atoms with van der Waals surface area (Å²) < 4.78 is 5.59. The lowest BCUT2D eigenvalue weighted by molar-refractivity contribution is -0.123. The minimum Gasteiger partial charge on any atom is -0.494 e. The molecule has 0 radical (unpaired) electrons. The molecule has 2 N–H and O–H groups in total. The zero-order valence-corrected chi connectivity index (χ0v) is 13.9. The number of hydrogen-bond acceptors (Lipinski definition) is 3. The lowest BCUT2D eigenvalue weighted by atomic mass is 10.2. The Morgan fingerprint density at radius 3 is 2.52 bits per heavy atom. The third kappa shape index (κ3) is 6.30. The van der Waals surface area contributed by atoms with Gasteiger partial charge in [0.05, 0.1) is 6.61 Å². The highest BCUT2D eigenvalue weighted by atomic mass is 16.5. The fraction of sp³-hybridized carbons (Fsp3) is 0.556. The molecule has 2 atom stereocenters. The molecule has 0 unspecified atom stereocenters. The normalized spacial score (nSPS) is 19.0. The summed E-state index contributed by atoms with van der Waals surface area (Å²) in [4.78, 5) is 23.2. The molecular weight excluding hydrogens is 292 g/mol. The first-order chi connectivity index (χ1) is 11.1. The van der Waals surface area contributed by atoms with Crippen LogP contribution in [0.25, 0.3) is 0 Å². The van der Waals surface area contributed by atoms with Crippen LogP contribution in [0.4, 0.5) is 0 Å². The van der Waals surface area contributed by atoms with Crippen molar-refractivity contribution in [3.05, 3.63) is 29.8 Å². The second-order valence-electron chi connectivity index (χ2n) is 6.23. The number of nitrogens with one attached hydrogen (secondary N) is 2. The molecule has 5 heteroatoms. The second kappa shape index (κ2) is 8.56. The Kier molecular flexibility index (Phi) is 6.44. The van der Waals surface area contributed by atoms with Gasteiger partial charge in [0.1, 0.15) is 5.75 Å². The van der Waals surface area contributed by atoms with Crippen LogP contribution in [-0.4, -0.2) is 31.5 Å². The predicted molar refractivity (Wildman–Crippen MR) is 89.2 cm³/mol. The van der Waals surface area contributed by atoms with Crippen molar-refractivity contribution in [2.24, 2.45) is 11.8 Å². The largest absolute Gasteiger partial charge is 0.494 e. The molecule has 0 saturated heterocycles. The fourth-order valence-corrected chi connectivity index (χ4v) is 2.33. The molecular formula is C18H26N2O3. The first kappa shape index (κ1) is 17.3. The standard InChI is InChI=1S/C18H26N2O3/c1-13-4-6-15(7-5-13)23-11-3-9-19-17(21)8-10-20-18(22)16-12-14(16)2/h4-7,14,16H,3,8-12H2,1-2H3,(H,19,21)(H,20,22)/t14-,16+/m0/s1. The van der Waals surface area contributed by atoms with Gasteiger partial charge in [-0.2, -0.15) is 0 Å². The van der Waals surface area contributed by atoms with E-state index in [0.717, 1.165) is 18.6 Å². The molecule has 5 nitrogen and oxygen atoms in total. The van der Waals surface area contributed by atoms with E-state index < -0.39 is 0 Å². The maximum atomic E-state index is 11.6. The number of aryl methyl sites for hydroxylation is 1. The highest BCUT2D eigenvalue weighted by molar-refractivity contribution is 5.82. The van der Waals surface area contributed by atoms with Crippen molar-refractivity contribution in [2.75, 3.05) is 19.7 Å². The molecule has 0 spiro atoms. The molecule has 1 aliphatic carbocycles. The van der Waals surface area contributed by atoms with Gasteiger partial charge >= 0.3 is 0 Å². The number of amides is 2. The van der Waals surface area contributed by atoms with Crippen molar-refractivity contribution >= 4 is 11.8 Å². The van der Waals surface area contributed by atoms with Crippen LogP contribution >= 0.6 is 0 Å². The van der Waals surface area contributed by atoms with E-state index in [9.17, 15) is 9.59 Å². The summed E-state index contributed by atoms with van der Waals surface area (Å²) in [6.45, 7) is 5.66. The van der Waals surface area contributed by atoms with Gasteiger partial charge in [0.25, 0.3) is 0 Å². The molecule has 1 fully saturated rings. The Labute approximate surface area is 137 Å². The average molecular weight is 318 g/mol. The molecule has 2 rings (SSSR count). The quantitative estimate of drug-likeness (QED) is 0.685. The van der Waals surface area contributed by atoms with E-state index in [0.29, 0.717) is 32.0 Å². The van der Waals surface area contributed by atoms with E-state index in [2.05, 4.69) is 17.6 Å². The number of hydrogen-bond donors (Lipinski definition) is 2. The van der Waals surface area contributed by atoms with E-state index in [-0.39, 0.29) is 17.7 Å². The predicted octanol–water partition coefficient (Wildman–Crippen LogP) is 2.04. The van der Waals surface area contributed by atoms with Gasteiger partial charge in [0, 0.05) is 25.4 Å². The van der Waals surface area contributed by atoms with Crippen molar-refractivity contribution in [1.82, 2.24) is 10.6 Å². The van der Waals surface area contributed by atoms with Crippen LogP contribution in [0.15, 0.2) is 24.3 Å². The van der Waals surface area contributed by atoms with E-state index in [4.69, 9.17) is 4.74 Å². The molecule has 2 amide bonds. The van der Waals surface area contributed by atoms with Gasteiger partial charge in [-0.05, 0) is 37.8 Å². The fourth-order valence-electron chi connectivity index (χ4n) is 2.33. The van der Waals surface area contributed by atoms with Gasteiger partial charge in [-0.1, -0.05) is 24.6 Å². The van der Waals surface area contributed by atoms with E-state index in [1.54, 1.807) is 0 Å². The number of carbonyl (C=O) groups is 2. The molecule has 1 aliphatic rings. The summed E-state index contributed by atoms with van der Waals surface area (Å²) in [7, 11) is 0. The van der Waals surface area contributed by atoms with Crippen LogP contribution in [0, 0.1) is 18.8 Å². The van der Waals surface area contributed by atoms with Gasteiger partial charge in [-0.15, -0.1) is 0 Å². The smallest absolute Gasteiger partial charge is 0.223 e. The molecule has 1 aromatic carbocycles. The summed E-state index contributed by atoms with van der Waals surface area (Å²) in [5.41, 5.74) is 1.20. The monoisotopic (exact) mass is 318 g/mol. The summed E-state index contributed by atoms with van der Waals surface area (Å²) in [6.07, 6.45) is 2.05. The zero-order chi connectivity index (χ0) is 16.7. The third-order valence-electron chi connectivity index (χ3n) is 4.03. The lowest BCUT2D eigenvalue weighted by Gasteiger charge is -2.08. The molecule has 126 valence electrons. The number of benzene rings is 1. The Hall–Kier alpha value is -2.04. The molecule has 0 heterocycles. The third-order valence-corrected chi connectivity index (χ3v) is 4.03. The summed E-state index contributed by atoms with van der Waals surface area (Å²) in [5, 5.41) is 5.64. The van der Waals surface area contributed by atoms with Crippen LogP contribution in [-0.2, 0) is 9.59 Å². The van der Waals surface area contributed by atoms with Gasteiger partial charge < -0.3 is 15.4 Å². The Bertz CT molecular complexity index is 528. The van der Waals surface area contributed by atoms with Gasteiger partial charge in [0.15, 0.2) is 0 Å². The minimum absolute atomic E-state index is 0.0375. The van der Waals surface area contributed by atoms with Gasteiger partial charge in [0.2, 0.25) is 11.8 Å². The van der Waals surface area contributed by atoms with Crippen LogP contribution in [0.2, 0.25) is 0 Å². The molecule has 0 aliphatic heterocycles. The summed E-state index contributed by atoms with van der Waals surface area (Å²) in [6, 6.07) is 7.90. The maximum Gasteiger partial charge on any atom is 0.223 e. The highest BCUT2D eigenvalue weighted by Crippen LogP contribution is 2.37. The van der Waals surface area contributed by atoms with Crippen molar-refractivity contribution in [1.29, 1.82) is 0 Å². The van der Waals surface area contributed by atoms with Crippen LogP contribution in [0.1, 0.15) is 31.7 Å². The zero-order valence-electron chi connectivity index (χ0n) is 13.9. The second-order valence-corrected chi connectivity index (χ2v) is 6.23. The van der Waals surface area contributed by atoms with Gasteiger partial charge in [-0.25, -0.2) is 0 Å². The average Bonchev–Trinajstić information content (AvgIpc) is 3.26. The SMILES string of the molecule is Cc1ccc(OCCCNC(=O)CCNC(=O)[C@@H]2C[C@@H]2C)cc1. The molecule has 0 bridgehead atoms. The number of carbonyl (C=O) groups excluding carboxylic acids is 2. The van der Waals surface area contributed by atoms with Gasteiger partial charge in [-0.3, -0.25) is 9.59 Å². The molecule has 1 saturated carbocycles. The first-order valence-electron chi connectivity index (χ1n) is 8.30. The van der Waals surface area contributed by atoms with E-state index >= 15 is 0 Å². The van der Waals surface area contributed by atoms with E-state index in [1.807, 2.05) is 31.2 Å². The van der Waals surface area contributed by atoms with Crippen molar-refractivity contribution in [3.63, 3.8) is 0 Å². The first-order valence-corrected chi connectivity index (χ1v) is 8.30. The lowest BCUT2D eigenvalue weighted by Crippen LogP contribution is -2.32. The van der Waals surface area contributed by atoms with Crippen LogP contribution in [0.3, 0.4) is 0 Å². The van der Waals surface area contributed by atoms with Crippen LogP contribution in [0.5, 0.6) is 5.75 Å². The number of ether oxygens (including phenoxy) is 1. The van der Waals surface area contributed by atoms with Crippen molar-refractivity contribution in [3.8, 4) is 5.75 Å². The van der Waals surface area contributed by atoms with Crippen molar-refractivity contribution < 1.29 is 14.3 Å². The van der Waals surface area contributed by atoms with Crippen molar-refractivity contribution in [2.45, 2.75) is 33.1 Å². The molecule has 23 heavy (non-hydrogen) atoms. The number of rotatable bonds is 9. The Balaban J connectivity index is 1.46. The maximum absolute atomic E-state index is 11.6. The minimum atomic E-state index is -0.0375. The van der Waals surface area contributed by atoms with Crippen LogP contribution < -0.4 is 15.4 Å². The van der Waals surface area contributed by atoms with E-state index in [1.165, 1.54) is 5.56 Å². The highest BCUT2D eigenvalue weighted by Gasteiger charge is 2.38. The molecule has 0 aromatic heterocycles. The Morgan fingerprint density at radius 1 is 1.17 bits per heavy atom. The molecule has 1 aromatic rings. The summed E-state index contributed by atoms with van der Waals surface area (Å²) in [5.74, 6) is 1.55.